The Morgan fingerprint density at radius 1 is 1.25 bits per heavy atom. The third kappa shape index (κ3) is 0.863. The first-order valence-corrected chi connectivity index (χ1v) is 3.98. The highest BCUT2D eigenvalue weighted by atomic mass is 79.9. The van der Waals surface area contributed by atoms with E-state index in [-0.39, 0.29) is 11.8 Å². The van der Waals surface area contributed by atoms with Gasteiger partial charge in [-0.3, -0.25) is 19.9 Å². The lowest BCUT2D eigenvalue weighted by atomic mass is 10.2. The van der Waals surface area contributed by atoms with Crippen LogP contribution in [0.2, 0.25) is 0 Å². The van der Waals surface area contributed by atoms with E-state index in [1.165, 1.54) is 12.4 Å². The van der Waals surface area contributed by atoms with E-state index in [0.717, 1.165) is 0 Å². The van der Waals surface area contributed by atoms with Crippen LogP contribution >= 0.6 is 15.9 Å². The van der Waals surface area contributed by atoms with E-state index in [1.54, 1.807) is 0 Å². The van der Waals surface area contributed by atoms with Crippen LogP contribution in [0.4, 0.5) is 0 Å². The summed E-state index contributed by atoms with van der Waals surface area (Å²) in [6, 6.07) is 0. The van der Waals surface area contributed by atoms with Crippen molar-refractivity contribution in [2.45, 2.75) is 0 Å². The zero-order valence-electron chi connectivity index (χ0n) is 5.80. The first kappa shape index (κ1) is 7.42. The lowest BCUT2D eigenvalue weighted by molar-refractivity contribution is 0.0879. The number of fused-ring (bicyclic) bond motifs is 1. The molecule has 0 unspecified atom stereocenters. The second-order valence-corrected chi connectivity index (χ2v) is 3.18. The van der Waals surface area contributed by atoms with Crippen molar-refractivity contribution in [3.63, 3.8) is 0 Å². The molecule has 1 aromatic heterocycles. The standard InChI is InChI=1S/C7H3BrN2O2/c8-4-2-9-1-3-5(4)7(12)10-6(3)11/h1-2H,(H,10,11,12). The number of halogens is 1. The summed E-state index contributed by atoms with van der Waals surface area (Å²) < 4.78 is 0.545. The molecule has 2 heterocycles. The Labute approximate surface area is 76.1 Å². The van der Waals surface area contributed by atoms with Crippen LogP contribution in [-0.2, 0) is 0 Å². The molecule has 0 fully saturated rings. The monoisotopic (exact) mass is 226 g/mol. The first-order valence-electron chi connectivity index (χ1n) is 3.19. The fourth-order valence-electron chi connectivity index (χ4n) is 1.07. The number of nitrogens with zero attached hydrogens (tertiary/aromatic N) is 1. The smallest absolute Gasteiger partial charge is 0.260 e. The summed E-state index contributed by atoms with van der Waals surface area (Å²) >= 11 is 3.14. The molecule has 12 heavy (non-hydrogen) atoms. The fourth-order valence-corrected chi connectivity index (χ4v) is 1.58. The fraction of sp³-hybridized carbons (Fsp3) is 0. The molecule has 0 saturated carbocycles. The summed E-state index contributed by atoms with van der Waals surface area (Å²) in [4.78, 5) is 25.9. The summed E-state index contributed by atoms with van der Waals surface area (Å²) in [5.74, 6) is -0.756. The van der Waals surface area contributed by atoms with E-state index in [0.29, 0.717) is 15.6 Å². The maximum Gasteiger partial charge on any atom is 0.260 e. The number of aromatic nitrogens is 1. The summed E-state index contributed by atoms with van der Waals surface area (Å²) in [5.41, 5.74) is 0.698. The minimum Gasteiger partial charge on any atom is -0.288 e. The van der Waals surface area contributed by atoms with Crippen molar-refractivity contribution in [1.29, 1.82) is 0 Å². The van der Waals surface area contributed by atoms with Crippen LogP contribution in [0, 0.1) is 0 Å². The molecule has 0 spiro atoms. The van der Waals surface area contributed by atoms with Crippen LogP contribution in [-0.4, -0.2) is 16.8 Å². The molecule has 1 N–H and O–H groups in total. The van der Waals surface area contributed by atoms with E-state index in [2.05, 4.69) is 26.2 Å². The predicted octanol–water partition coefficient (Wildman–Crippen LogP) is 0.728. The number of nitrogens with one attached hydrogen (secondary N) is 1. The molecule has 2 rings (SSSR count). The Kier molecular flexibility index (Phi) is 1.47. The van der Waals surface area contributed by atoms with Crippen molar-refractivity contribution in [1.82, 2.24) is 10.3 Å². The molecule has 0 bridgehead atoms. The molecule has 0 aliphatic carbocycles. The number of rotatable bonds is 0. The van der Waals surface area contributed by atoms with Crippen molar-refractivity contribution >= 4 is 27.7 Å². The van der Waals surface area contributed by atoms with Gasteiger partial charge >= 0.3 is 0 Å². The Morgan fingerprint density at radius 3 is 2.67 bits per heavy atom. The van der Waals surface area contributed by atoms with Crippen molar-refractivity contribution in [3.8, 4) is 0 Å². The number of hydrogen-bond donors (Lipinski definition) is 1. The SMILES string of the molecule is O=C1NC(=O)c2c(Br)cncc21. The van der Waals surface area contributed by atoms with Gasteiger partial charge in [0, 0.05) is 16.9 Å². The van der Waals surface area contributed by atoms with Crippen LogP contribution in [0.25, 0.3) is 0 Å². The van der Waals surface area contributed by atoms with E-state index in [1.807, 2.05) is 0 Å². The lowest BCUT2D eigenvalue weighted by Gasteiger charge is -1.94. The lowest BCUT2D eigenvalue weighted by Crippen LogP contribution is -2.20. The van der Waals surface area contributed by atoms with Crippen LogP contribution in [0.5, 0.6) is 0 Å². The molecule has 5 heteroatoms. The van der Waals surface area contributed by atoms with Crippen molar-refractivity contribution < 1.29 is 9.59 Å². The Hall–Kier alpha value is -1.23. The molecule has 1 aromatic rings. The van der Waals surface area contributed by atoms with Crippen molar-refractivity contribution in [2.24, 2.45) is 0 Å². The van der Waals surface area contributed by atoms with Gasteiger partial charge in [0.25, 0.3) is 11.8 Å². The molecule has 2 amide bonds. The Bertz CT molecular complexity index is 389. The van der Waals surface area contributed by atoms with E-state index in [4.69, 9.17) is 0 Å². The van der Waals surface area contributed by atoms with Crippen molar-refractivity contribution in [2.75, 3.05) is 0 Å². The van der Waals surface area contributed by atoms with E-state index >= 15 is 0 Å². The predicted molar refractivity (Wildman–Crippen MR) is 43.7 cm³/mol. The first-order chi connectivity index (χ1) is 5.70. The molecule has 0 atom stereocenters. The molecule has 4 nitrogen and oxygen atoms in total. The number of carbonyl (C=O) groups excluding carboxylic acids is 2. The number of carbonyl (C=O) groups is 2. The van der Waals surface area contributed by atoms with Crippen LogP contribution in [0.1, 0.15) is 20.7 Å². The highest BCUT2D eigenvalue weighted by Crippen LogP contribution is 2.22. The Balaban J connectivity index is 2.75. The molecule has 1 aliphatic heterocycles. The van der Waals surface area contributed by atoms with Gasteiger partial charge in [-0.2, -0.15) is 0 Å². The largest absolute Gasteiger partial charge is 0.288 e. The molecule has 0 radical (unpaired) electrons. The van der Waals surface area contributed by atoms with Gasteiger partial charge in [-0.05, 0) is 15.9 Å². The zero-order chi connectivity index (χ0) is 8.72. The van der Waals surface area contributed by atoms with Gasteiger partial charge in [-0.15, -0.1) is 0 Å². The summed E-state index contributed by atoms with van der Waals surface area (Å²) in [5, 5.41) is 2.18. The number of pyridine rings is 1. The van der Waals surface area contributed by atoms with Gasteiger partial charge in [0.05, 0.1) is 11.1 Å². The van der Waals surface area contributed by atoms with E-state index in [9.17, 15) is 9.59 Å². The normalized spacial score (nSPS) is 14.4. The minimum atomic E-state index is -0.385. The van der Waals surface area contributed by atoms with Crippen molar-refractivity contribution in [3.05, 3.63) is 28.0 Å². The average molecular weight is 227 g/mol. The number of hydrogen-bond acceptors (Lipinski definition) is 3. The topological polar surface area (TPSA) is 59.1 Å². The van der Waals surface area contributed by atoms with E-state index < -0.39 is 0 Å². The van der Waals surface area contributed by atoms with Crippen LogP contribution in [0.15, 0.2) is 16.9 Å². The average Bonchev–Trinajstić information content (AvgIpc) is 2.29. The quantitative estimate of drug-likeness (QED) is 0.664. The van der Waals surface area contributed by atoms with Crippen LogP contribution < -0.4 is 5.32 Å². The maximum atomic E-state index is 11.1. The summed E-state index contributed by atoms with van der Waals surface area (Å²) in [7, 11) is 0. The molecular weight excluding hydrogens is 224 g/mol. The van der Waals surface area contributed by atoms with Gasteiger partial charge in [0.2, 0.25) is 0 Å². The van der Waals surface area contributed by atoms with Gasteiger partial charge < -0.3 is 0 Å². The highest BCUT2D eigenvalue weighted by Gasteiger charge is 2.28. The highest BCUT2D eigenvalue weighted by molar-refractivity contribution is 9.10. The minimum absolute atomic E-state index is 0.328. The second-order valence-electron chi connectivity index (χ2n) is 2.33. The number of amides is 2. The molecular formula is C7H3BrN2O2. The maximum absolute atomic E-state index is 11.1. The Morgan fingerprint density at radius 2 is 2.00 bits per heavy atom. The summed E-state index contributed by atoms with van der Waals surface area (Å²) in [6.07, 6.45) is 2.86. The zero-order valence-corrected chi connectivity index (χ0v) is 7.38. The van der Waals surface area contributed by atoms with Gasteiger partial charge in [0.15, 0.2) is 0 Å². The second kappa shape index (κ2) is 2.38. The van der Waals surface area contributed by atoms with Gasteiger partial charge in [-0.1, -0.05) is 0 Å². The third-order valence-electron chi connectivity index (χ3n) is 1.60. The molecule has 60 valence electrons. The third-order valence-corrected chi connectivity index (χ3v) is 2.20. The van der Waals surface area contributed by atoms with Gasteiger partial charge in [-0.25, -0.2) is 0 Å². The molecule has 0 aromatic carbocycles. The molecule has 0 saturated heterocycles. The summed E-state index contributed by atoms with van der Waals surface area (Å²) in [6.45, 7) is 0. The van der Waals surface area contributed by atoms with Crippen LogP contribution in [0.3, 0.4) is 0 Å². The molecule has 1 aliphatic rings. The number of imide groups is 1. The van der Waals surface area contributed by atoms with Gasteiger partial charge in [0.1, 0.15) is 0 Å².